The van der Waals surface area contributed by atoms with Crippen molar-refractivity contribution >= 4 is 28.5 Å². The minimum atomic E-state index is -4.42. The molecule has 0 aliphatic carbocycles. The van der Waals surface area contributed by atoms with Crippen molar-refractivity contribution in [3.63, 3.8) is 0 Å². The summed E-state index contributed by atoms with van der Waals surface area (Å²) in [4.78, 5) is 44.5. The zero-order valence-corrected chi connectivity index (χ0v) is 18.7. The van der Waals surface area contributed by atoms with Gasteiger partial charge in [-0.2, -0.15) is 13.2 Å². The molecule has 35 heavy (non-hydrogen) atoms. The van der Waals surface area contributed by atoms with Crippen molar-refractivity contribution in [1.29, 1.82) is 0 Å². The zero-order valence-electron chi connectivity index (χ0n) is 18.7. The zero-order chi connectivity index (χ0) is 25.0. The van der Waals surface area contributed by atoms with Crippen LogP contribution in [0, 0.1) is 0 Å². The summed E-state index contributed by atoms with van der Waals surface area (Å²) < 4.78 is 45.2. The number of amides is 1. The van der Waals surface area contributed by atoms with Crippen LogP contribution in [0.2, 0.25) is 0 Å². The van der Waals surface area contributed by atoms with E-state index in [2.05, 4.69) is 4.98 Å². The molecule has 3 aromatic rings. The number of hydrogen-bond acceptors (Lipinski definition) is 6. The van der Waals surface area contributed by atoms with Crippen molar-refractivity contribution in [3.8, 4) is 0 Å². The number of aromatic nitrogens is 2. The van der Waals surface area contributed by atoms with Gasteiger partial charge in [0.1, 0.15) is 0 Å². The molecule has 4 rings (SSSR count). The Hall–Kier alpha value is -3.89. The van der Waals surface area contributed by atoms with Crippen molar-refractivity contribution in [3.05, 3.63) is 70.8 Å². The highest BCUT2D eigenvalue weighted by Crippen LogP contribution is 2.31. The molecule has 1 aromatic heterocycles. The maximum absolute atomic E-state index is 13.0. The number of esters is 1. The number of piperazine rings is 1. The lowest BCUT2D eigenvalue weighted by molar-refractivity contribution is -0.152. The Morgan fingerprint density at radius 3 is 2.49 bits per heavy atom. The first kappa shape index (κ1) is 24.2. The van der Waals surface area contributed by atoms with E-state index in [-0.39, 0.29) is 24.4 Å². The minimum absolute atomic E-state index is 0.0688. The summed E-state index contributed by atoms with van der Waals surface area (Å²) in [6.45, 7) is 0.944. The van der Waals surface area contributed by atoms with Crippen LogP contribution in [-0.4, -0.2) is 59.1 Å². The van der Waals surface area contributed by atoms with Gasteiger partial charge in [-0.05, 0) is 30.3 Å². The number of fused-ring (bicyclic) bond motifs is 1. The molecule has 0 unspecified atom stereocenters. The molecule has 1 aliphatic rings. The van der Waals surface area contributed by atoms with Crippen LogP contribution in [-0.2, 0) is 27.0 Å². The number of anilines is 1. The van der Waals surface area contributed by atoms with Gasteiger partial charge in [0.15, 0.2) is 6.61 Å². The molecule has 0 N–H and O–H groups in total. The van der Waals surface area contributed by atoms with Crippen LogP contribution >= 0.6 is 0 Å². The second kappa shape index (κ2) is 10.2. The highest BCUT2D eigenvalue weighted by atomic mass is 19.4. The molecule has 0 bridgehead atoms. The van der Waals surface area contributed by atoms with Crippen LogP contribution in [0.4, 0.5) is 18.9 Å². The van der Waals surface area contributed by atoms with E-state index >= 15 is 0 Å². The number of carbonyl (C=O) groups is 2. The molecular formula is C24H23F3N4O4. The summed E-state index contributed by atoms with van der Waals surface area (Å²) in [5.41, 5.74) is 0.0205. The van der Waals surface area contributed by atoms with E-state index in [0.29, 0.717) is 42.8 Å². The summed E-state index contributed by atoms with van der Waals surface area (Å²) in [7, 11) is 0. The van der Waals surface area contributed by atoms with Gasteiger partial charge in [0.25, 0.3) is 11.5 Å². The Labute approximate surface area is 198 Å². The van der Waals surface area contributed by atoms with Crippen molar-refractivity contribution in [2.45, 2.75) is 19.1 Å². The van der Waals surface area contributed by atoms with Gasteiger partial charge in [0.2, 0.25) is 0 Å². The lowest BCUT2D eigenvalue weighted by Crippen LogP contribution is -2.50. The number of para-hydroxylation sites is 1. The van der Waals surface area contributed by atoms with Crippen LogP contribution in [0.3, 0.4) is 0 Å². The summed E-state index contributed by atoms with van der Waals surface area (Å²) in [5.74, 6) is -1.01. The number of benzene rings is 2. The molecule has 0 spiro atoms. The molecule has 1 fully saturated rings. The fourth-order valence-electron chi connectivity index (χ4n) is 3.88. The third-order valence-electron chi connectivity index (χ3n) is 5.82. The molecule has 1 saturated heterocycles. The maximum atomic E-state index is 13.0. The van der Waals surface area contributed by atoms with Gasteiger partial charge < -0.3 is 14.5 Å². The molecule has 0 atom stereocenters. The molecule has 1 amide bonds. The highest BCUT2D eigenvalue weighted by molar-refractivity contribution is 5.81. The first-order valence-corrected chi connectivity index (χ1v) is 11.0. The average Bonchev–Trinajstić information content (AvgIpc) is 2.86. The number of rotatable bonds is 6. The standard InChI is InChI=1S/C24H23F3N4O4/c25-24(26,27)17-4-3-5-18(14-17)29-10-12-30(13-11-29)21(32)15-35-22(33)8-9-31-16-28-20-7-2-1-6-19(20)23(31)34/h1-7,14,16H,8-13,15H2. The quantitative estimate of drug-likeness (QED) is 0.496. The normalized spacial score (nSPS) is 14.3. The van der Waals surface area contributed by atoms with E-state index in [4.69, 9.17) is 4.74 Å². The van der Waals surface area contributed by atoms with Gasteiger partial charge in [-0.15, -0.1) is 0 Å². The van der Waals surface area contributed by atoms with E-state index in [9.17, 15) is 27.6 Å². The second-order valence-electron chi connectivity index (χ2n) is 8.09. The number of carbonyl (C=O) groups excluding carboxylic acids is 2. The van der Waals surface area contributed by atoms with Gasteiger partial charge in [-0.3, -0.25) is 19.0 Å². The Bertz CT molecular complexity index is 1280. The minimum Gasteiger partial charge on any atom is -0.456 e. The highest BCUT2D eigenvalue weighted by Gasteiger charge is 2.31. The number of halogens is 3. The fourth-order valence-corrected chi connectivity index (χ4v) is 3.88. The lowest BCUT2D eigenvalue weighted by Gasteiger charge is -2.36. The lowest BCUT2D eigenvalue weighted by atomic mass is 10.1. The average molecular weight is 488 g/mol. The molecule has 0 radical (unpaired) electrons. The van der Waals surface area contributed by atoms with Crippen LogP contribution in [0.25, 0.3) is 10.9 Å². The number of alkyl halides is 3. The van der Waals surface area contributed by atoms with Crippen molar-refractivity contribution in [1.82, 2.24) is 14.5 Å². The van der Waals surface area contributed by atoms with E-state index < -0.39 is 24.3 Å². The molecule has 0 saturated carbocycles. The van der Waals surface area contributed by atoms with E-state index in [1.807, 2.05) is 0 Å². The Morgan fingerprint density at radius 2 is 1.74 bits per heavy atom. The Kier molecular flexibility index (Phi) is 7.04. The van der Waals surface area contributed by atoms with Crippen LogP contribution in [0.15, 0.2) is 59.7 Å². The SMILES string of the molecule is O=C(CCn1cnc2ccccc2c1=O)OCC(=O)N1CCN(c2cccc(C(F)(F)F)c2)CC1. The molecule has 8 nitrogen and oxygen atoms in total. The molecule has 2 aromatic carbocycles. The molecule has 2 heterocycles. The van der Waals surface area contributed by atoms with E-state index in [1.165, 1.54) is 21.9 Å². The number of nitrogens with zero attached hydrogens (tertiary/aromatic N) is 4. The first-order chi connectivity index (χ1) is 16.7. The van der Waals surface area contributed by atoms with Gasteiger partial charge in [-0.25, -0.2) is 4.98 Å². The van der Waals surface area contributed by atoms with Gasteiger partial charge in [0, 0.05) is 38.4 Å². The second-order valence-corrected chi connectivity index (χ2v) is 8.09. The molecule has 11 heteroatoms. The topological polar surface area (TPSA) is 84.7 Å². The number of hydrogen-bond donors (Lipinski definition) is 0. The summed E-state index contributed by atoms with van der Waals surface area (Å²) in [6, 6.07) is 12.0. The van der Waals surface area contributed by atoms with Crippen LogP contribution < -0.4 is 10.5 Å². The maximum Gasteiger partial charge on any atom is 0.416 e. The van der Waals surface area contributed by atoms with Crippen LogP contribution in [0.1, 0.15) is 12.0 Å². The smallest absolute Gasteiger partial charge is 0.416 e. The fraction of sp³-hybridized carbons (Fsp3) is 0.333. The van der Waals surface area contributed by atoms with Gasteiger partial charge in [-0.1, -0.05) is 18.2 Å². The Morgan fingerprint density at radius 1 is 1.00 bits per heavy atom. The molecular weight excluding hydrogens is 465 g/mol. The predicted molar refractivity (Wildman–Crippen MR) is 122 cm³/mol. The third-order valence-corrected chi connectivity index (χ3v) is 5.82. The van der Waals surface area contributed by atoms with Gasteiger partial charge in [0.05, 0.1) is 29.2 Å². The molecule has 184 valence electrons. The van der Waals surface area contributed by atoms with Crippen LogP contribution in [0.5, 0.6) is 0 Å². The largest absolute Gasteiger partial charge is 0.456 e. The number of ether oxygens (including phenoxy) is 1. The monoisotopic (exact) mass is 488 g/mol. The Balaban J connectivity index is 1.23. The predicted octanol–water partition coefficient (Wildman–Crippen LogP) is 2.70. The molecule has 1 aliphatic heterocycles. The van der Waals surface area contributed by atoms with E-state index in [1.54, 1.807) is 35.2 Å². The number of aryl methyl sites for hydroxylation is 1. The third kappa shape index (κ3) is 5.79. The summed E-state index contributed by atoms with van der Waals surface area (Å²) >= 11 is 0. The van der Waals surface area contributed by atoms with E-state index in [0.717, 1.165) is 12.1 Å². The summed E-state index contributed by atoms with van der Waals surface area (Å²) in [5, 5.41) is 0.447. The van der Waals surface area contributed by atoms with Crippen molar-refractivity contribution < 1.29 is 27.5 Å². The van der Waals surface area contributed by atoms with Gasteiger partial charge >= 0.3 is 12.1 Å². The first-order valence-electron chi connectivity index (χ1n) is 11.0. The van der Waals surface area contributed by atoms with Crippen molar-refractivity contribution in [2.75, 3.05) is 37.7 Å². The van der Waals surface area contributed by atoms with Crippen molar-refractivity contribution in [2.24, 2.45) is 0 Å². The summed E-state index contributed by atoms with van der Waals surface area (Å²) in [6.07, 6.45) is -3.15.